The maximum absolute atomic E-state index is 2.46. The van der Waals surface area contributed by atoms with Gasteiger partial charge in [-0.1, -0.05) is 152 Å². The van der Waals surface area contributed by atoms with E-state index in [1.807, 2.05) is 0 Å². The molecule has 1 aliphatic heterocycles. The first-order chi connectivity index (χ1) is 30.3. The third-order valence-electron chi connectivity index (χ3n) is 12.2. The predicted octanol–water partition coefficient (Wildman–Crippen LogP) is 16.6. The van der Waals surface area contributed by atoms with Crippen molar-refractivity contribution in [1.82, 2.24) is 0 Å². The van der Waals surface area contributed by atoms with Crippen LogP contribution in [0.3, 0.4) is 0 Å². The van der Waals surface area contributed by atoms with E-state index >= 15 is 0 Å². The SMILES string of the molecule is c1ccc(-c2cc(-c3ccccc3)c3ccc4c5cc(c6ccc2c3c64)N(c2ccccc2)c2cccc(c2)N(c2ccccc2)c2cccc(c2)N5c2ccccc2)cc1. The Bertz CT molecular complexity index is 3150. The van der Waals surface area contributed by atoms with E-state index in [0.717, 1.165) is 51.2 Å². The molecule has 0 radical (unpaired) electrons. The molecule has 11 aromatic carbocycles. The number of anilines is 9. The first kappa shape index (κ1) is 34.9. The molecule has 0 saturated heterocycles. The van der Waals surface area contributed by atoms with Gasteiger partial charge in [0.15, 0.2) is 0 Å². The third kappa shape index (κ3) is 5.74. The molecule has 12 rings (SSSR count). The normalized spacial score (nSPS) is 12.5. The summed E-state index contributed by atoms with van der Waals surface area (Å²) in [5.41, 5.74) is 14.6. The number of hydrogen-bond acceptors (Lipinski definition) is 3. The molecule has 286 valence electrons. The van der Waals surface area contributed by atoms with Gasteiger partial charge >= 0.3 is 0 Å². The Morgan fingerprint density at radius 2 is 0.525 bits per heavy atom. The number of nitrogens with zero attached hydrogens (tertiary/aromatic N) is 3. The Morgan fingerprint density at radius 3 is 0.934 bits per heavy atom. The van der Waals surface area contributed by atoms with Crippen LogP contribution in [0.5, 0.6) is 0 Å². The van der Waals surface area contributed by atoms with E-state index in [1.165, 1.54) is 54.6 Å². The molecule has 3 nitrogen and oxygen atoms in total. The van der Waals surface area contributed by atoms with Crippen molar-refractivity contribution in [3.8, 4) is 22.3 Å². The van der Waals surface area contributed by atoms with Crippen LogP contribution in [0.15, 0.2) is 237 Å². The van der Waals surface area contributed by atoms with Gasteiger partial charge in [-0.2, -0.15) is 0 Å². The van der Waals surface area contributed by atoms with Gasteiger partial charge in [0.2, 0.25) is 0 Å². The van der Waals surface area contributed by atoms with Gasteiger partial charge in [0.25, 0.3) is 0 Å². The molecular formula is C58H39N3. The van der Waals surface area contributed by atoms with Crippen molar-refractivity contribution < 1.29 is 0 Å². The Kier molecular flexibility index (Phi) is 8.17. The number of benzene rings is 11. The summed E-state index contributed by atoms with van der Waals surface area (Å²) in [6.45, 7) is 0. The van der Waals surface area contributed by atoms with Gasteiger partial charge in [-0.15, -0.1) is 0 Å². The summed E-state index contributed by atoms with van der Waals surface area (Å²) in [6.07, 6.45) is 0. The van der Waals surface area contributed by atoms with Gasteiger partial charge in [0, 0.05) is 56.0 Å². The van der Waals surface area contributed by atoms with E-state index in [9.17, 15) is 0 Å². The molecule has 0 saturated carbocycles. The van der Waals surface area contributed by atoms with Gasteiger partial charge < -0.3 is 14.7 Å². The fraction of sp³-hybridized carbons (Fsp3) is 0. The van der Waals surface area contributed by atoms with Crippen molar-refractivity contribution in [2.75, 3.05) is 14.7 Å². The Labute approximate surface area is 355 Å². The lowest BCUT2D eigenvalue weighted by atomic mass is 9.84. The molecule has 0 aromatic heterocycles. The molecule has 0 spiro atoms. The highest BCUT2D eigenvalue weighted by Crippen LogP contribution is 2.53. The zero-order chi connectivity index (χ0) is 40.3. The molecule has 1 heterocycles. The van der Waals surface area contributed by atoms with Crippen molar-refractivity contribution in [1.29, 1.82) is 0 Å². The average molecular weight is 778 g/mol. The zero-order valence-electron chi connectivity index (χ0n) is 33.4. The van der Waals surface area contributed by atoms with Crippen molar-refractivity contribution in [3.63, 3.8) is 0 Å². The number of hydrogen-bond donors (Lipinski definition) is 0. The summed E-state index contributed by atoms with van der Waals surface area (Å²) in [5.74, 6) is 0. The summed E-state index contributed by atoms with van der Waals surface area (Å²) in [5, 5.41) is 7.37. The average Bonchev–Trinajstić information content (AvgIpc) is 3.33. The van der Waals surface area contributed by atoms with E-state index in [-0.39, 0.29) is 0 Å². The lowest BCUT2D eigenvalue weighted by Crippen LogP contribution is -2.17. The Morgan fingerprint density at radius 1 is 0.213 bits per heavy atom. The highest BCUT2D eigenvalue weighted by molar-refractivity contribution is 6.32. The maximum atomic E-state index is 2.46. The van der Waals surface area contributed by atoms with Crippen LogP contribution in [-0.4, -0.2) is 0 Å². The zero-order valence-corrected chi connectivity index (χ0v) is 33.4. The summed E-state index contributed by atoms with van der Waals surface area (Å²) in [4.78, 5) is 7.28. The minimum Gasteiger partial charge on any atom is -0.310 e. The summed E-state index contributed by atoms with van der Waals surface area (Å²) in [6, 6.07) is 86.4. The number of rotatable bonds is 5. The molecule has 0 unspecified atom stereocenters. The van der Waals surface area contributed by atoms with Gasteiger partial charge in [0.05, 0.1) is 11.4 Å². The van der Waals surface area contributed by atoms with Crippen molar-refractivity contribution in [3.05, 3.63) is 237 Å². The van der Waals surface area contributed by atoms with Crippen LogP contribution in [0.1, 0.15) is 0 Å². The Hall–Kier alpha value is -8.14. The molecule has 61 heavy (non-hydrogen) atoms. The standard InChI is InChI=1S/C58H39N3/c1-6-18-40(19-7-1)53-38-54(41-20-8-2-9-21-41)50-33-35-52-56-39-55(51-34-32-49(53)57(50)58(51)52)60(43-24-12-4-13-25-43)47-30-16-28-45(36-47)59(42-22-10-3-11-23-42)46-29-17-31-48(37-46)61(56)44-26-14-5-15-27-44/h1-39H. The molecule has 11 aromatic rings. The molecule has 0 atom stereocenters. The van der Waals surface area contributed by atoms with Crippen LogP contribution in [0.25, 0.3) is 54.6 Å². The summed E-state index contributed by atoms with van der Waals surface area (Å²) in [7, 11) is 0. The predicted molar refractivity (Wildman–Crippen MR) is 259 cm³/mol. The van der Waals surface area contributed by atoms with E-state index in [4.69, 9.17) is 0 Å². The fourth-order valence-corrected chi connectivity index (χ4v) is 9.61. The quantitative estimate of drug-likeness (QED) is 0.161. The molecular weight excluding hydrogens is 739 g/mol. The van der Waals surface area contributed by atoms with E-state index in [2.05, 4.69) is 251 Å². The number of para-hydroxylation sites is 3. The molecule has 1 aliphatic rings. The smallest absolute Gasteiger partial charge is 0.0561 e. The lowest BCUT2D eigenvalue weighted by molar-refractivity contribution is 1.23. The minimum atomic E-state index is 1.07. The van der Waals surface area contributed by atoms with Gasteiger partial charge in [0.1, 0.15) is 0 Å². The van der Waals surface area contributed by atoms with Crippen molar-refractivity contribution >= 4 is 83.5 Å². The second kappa shape index (κ2) is 14.3. The van der Waals surface area contributed by atoms with Crippen molar-refractivity contribution in [2.45, 2.75) is 0 Å². The second-order valence-corrected chi connectivity index (χ2v) is 15.7. The molecule has 6 bridgehead atoms. The molecule has 0 amide bonds. The highest BCUT2D eigenvalue weighted by Gasteiger charge is 2.27. The number of fused-ring (bicyclic) bond motifs is 8. The molecule has 0 aliphatic carbocycles. The van der Waals surface area contributed by atoms with Crippen LogP contribution < -0.4 is 14.7 Å². The lowest BCUT2D eigenvalue weighted by Gasteiger charge is -2.35. The third-order valence-corrected chi connectivity index (χ3v) is 12.2. The van der Waals surface area contributed by atoms with Crippen LogP contribution in [0.2, 0.25) is 0 Å². The van der Waals surface area contributed by atoms with Crippen LogP contribution in [0.4, 0.5) is 51.2 Å². The molecule has 0 fully saturated rings. The van der Waals surface area contributed by atoms with Crippen molar-refractivity contribution in [2.24, 2.45) is 0 Å². The van der Waals surface area contributed by atoms with E-state index in [1.54, 1.807) is 0 Å². The van der Waals surface area contributed by atoms with E-state index in [0.29, 0.717) is 0 Å². The van der Waals surface area contributed by atoms with Gasteiger partial charge in [-0.3, -0.25) is 0 Å². The first-order valence-electron chi connectivity index (χ1n) is 20.9. The van der Waals surface area contributed by atoms with Gasteiger partial charge in [-0.05, 0) is 123 Å². The monoisotopic (exact) mass is 777 g/mol. The Balaban J connectivity index is 1.28. The fourth-order valence-electron chi connectivity index (χ4n) is 9.61. The highest BCUT2D eigenvalue weighted by atomic mass is 15.2. The van der Waals surface area contributed by atoms with Crippen LogP contribution in [-0.2, 0) is 0 Å². The summed E-state index contributed by atoms with van der Waals surface area (Å²) >= 11 is 0. The maximum Gasteiger partial charge on any atom is 0.0561 e. The first-order valence-corrected chi connectivity index (χ1v) is 20.9. The second-order valence-electron chi connectivity index (χ2n) is 15.7. The van der Waals surface area contributed by atoms with Crippen LogP contribution >= 0.6 is 0 Å². The molecule has 3 heteroatoms. The molecule has 0 N–H and O–H groups in total. The largest absolute Gasteiger partial charge is 0.310 e. The van der Waals surface area contributed by atoms with Crippen LogP contribution in [0, 0.1) is 0 Å². The minimum absolute atomic E-state index is 1.07. The van der Waals surface area contributed by atoms with Gasteiger partial charge in [-0.25, -0.2) is 0 Å². The summed E-state index contributed by atoms with van der Waals surface area (Å²) < 4.78 is 0. The topological polar surface area (TPSA) is 9.72 Å². The van der Waals surface area contributed by atoms with E-state index < -0.39 is 0 Å².